The number of nitrogens with one attached hydrogen (secondary N) is 1. The van der Waals surface area contributed by atoms with E-state index in [1.165, 1.54) is 0 Å². The average molecular weight is 480 g/mol. The number of fused-ring (bicyclic) bond motifs is 1. The first-order valence-electron chi connectivity index (χ1n) is 9.57. The third-order valence-electron chi connectivity index (χ3n) is 5.08. The van der Waals surface area contributed by atoms with Gasteiger partial charge in [0, 0.05) is 26.1 Å². The van der Waals surface area contributed by atoms with Crippen molar-refractivity contribution >= 4 is 50.0 Å². The van der Waals surface area contributed by atoms with E-state index in [9.17, 15) is 4.79 Å². The molecule has 0 spiro atoms. The quantitative estimate of drug-likeness (QED) is 0.330. The summed E-state index contributed by atoms with van der Waals surface area (Å²) < 4.78 is 0.994. The number of carbonyl (C=O) groups is 1. The molecule has 1 N–H and O–H groups in total. The number of halogens is 2. The molecule has 0 fully saturated rings. The van der Waals surface area contributed by atoms with E-state index < -0.39 is 0 Å². The van der Waals surface area contributed by atoms with Crippen molar-refractivity contribution in [3.05, 3.63) is 92.4 Å². The molecule has 30 heavy (non-hydrogen) atoms. The van der Waals surface area contributed by atoms with Crippen LogP contribution in [0.3, 0.4) is 0 Å². The molecular formula is C25H20BrClN2O. The Kier molecular flexibility index (Phi) is 5.63. The molecule has 0 unspecified atom stereocenters. The van der Waals surface area contributed by atoms with Crippen molar-refractivity contribution in [3.8, 4) is 11.3 Å². The number of amides is 1. The van der Waals surface area contributed by atoms with Crippen molar-refractivity contribution in [2.24, 2.45) is 0 Å². The van der Waals surface area contributed by atoms with Crippen molar-refractivity contribution < 1.29 is 4.79 Å². The molecule has 0 saturated heterocycles. The minimum Gasteiger partial charge on any atom is -0.322 e. The van der Waals surface area contributed by atoms with Gasteiger partial charge in [0.15, 0.2) is 0 Å². The van der Waals surface area contributed by atoms with Crippen LogP contribution in [-0.4, -0.2) is 10.9 Å². The van der Waals surface area contributed by atoms with E-state index in [-0.39, 0.29) is 5.91 Å². The maximum atomic E-state index is 13.4. The average Bonchev–Trinajstić information content (AvgIpc) is 2.70. The van der Waals surface area contributed by atoms with Crippen LogP contribution in [0.2, 0.25) is 5.02 Å². The summed E-state index contributed by atoms with van der Waals surface area (Å²) in [6, 6.07) is 19.4. The van der Waals surface area contributed by atoms with Crippen molar-refractivity contribution in [1.29, 1.82) is 0 Å². The Balaban J connectivity index is 1.89. The van der Waals surface area contributed by atoms with Gasteiger partial charge >= 0.3 is 0 Å². The standard InChI is InChI=1S/C25H20BrClN2O/c1-14-10-16(3)24-20(11-14)21(13-23(28-24)17-5-7-18(26)8-6-17)25(30)29-22-12-19(27)9-4-15(22)2/h4-13H,1-3H3,(H,29,30). The van der Waals surface area contributed by atoms with E-state index >= 15 is 0 Å². The van der Waals surface area contributed by atoms with E-state index in [0.717, 1.165) is 43.3 Å². The Morgan fingerprint density at radius 2 is 1.67 bits per heavy atom. The minimum atomic E-state index is -0.184. The zero-order valence-electron chi connectivity index (χ0n) is 16.9. The van der Waals surface area contributed by atoms with Gasteiger partial charge in [0.25, 0.3) is 5.91 Å². The summed E-state index contributed by atoms with van der Waals surface area (Å²) in [6.45, 7) is 5.99. The fourth-order valence-corrected chi connectivity index (χ4v) is 3.99. The SMILES string of the molecule is Cc1cc(C)c2nc(-c3ccc(Br)cc3)cc(C(=O)Nc3cc(Cl)ccc3C)c2c1. The number of pyridine rings is 1. The summed E-state index contributed by atoms with van der Waals surface area (Å²) in [6.07, 6.45) is 0. The molecule has 1 amide bonds. The highest BCUT2D eigenvalue weighted by atomic mass is 79.9. The maximum absolute atomic E-state index is 13.4. The Labute approximate surface area is 189 Å². The zero-order valence-corrected chi connectivity index (χ0v) is 19.2. The lowest BCUT2D eigenvalue weighted by Crippen LogP contribution is -2.14. The molecule has 4 rings (SSSR count). The van der Waals surface area contributed by atoms with E-state index in [1.807, 2.05) is 69.3 Å². The first kappa shape index (κ1) is 20.6. The van der Waals surface area contributed by atoms with Crippen LogP contribution in [0.15, 0.2) is 65.1 Å². The molecule has 1 aromatic heterocycles. The van der Waals surface area contributed by atoms with Gasteiger partial charge in [0.05, 0.1) is 16.8 Å². The second kappa shape index (κ2) is 8.21. The number of nitrogens with zero attached hydrogens (tertiary/aromatic N) is 1. The predicted molar refractivity (Wildman–Crippen MR) is 128 cm³/mol. The lowest BCUT2D eigenvalue weighted by atomic mass is 9.99. The molecule has 0 atom stereocenters. The maximum Gasteiger partial charge on any atom is 0.256 e. The molecule has 3 nitrogen and oxygen atoms in total. The number of aromatic nitrogens is 1. The Morgan fingerprint density at radius 1 is 0.933 bits per heavy atom. The number of anilines is 1. The van der Waals surface area contributed by atoms with Crippen LogP contribution >= 0.6 is 27.5 Å². The van der Waals surface area contributed by atoms with Gasteiger partial charge in [0.2, 0.25) is 0 Å². The van der Waals surface area contributed by atoms with Crippen molar-refractivity contribution in [1.82, 2.24) is 4.98 Å². The highest BCUT2D eigenvalue weighted by molar-refractivity contribution is 9.10. The highest BCUT2D eigenvalue weighted by Crippen LogP contribution is 2.30. The van der Waals surface area contributed by atoms with Crippen molar-refractivity contribution in [2.45, 2.75) is 20.8 Å². The smallest absolute Gasteiger partial charge is 0.256 e. The minimum absolute atomic E-state index is 0.184. The number of benzene rings is 3. The van der Waals surface area contributed by atoms with Crippen LogP contribution < -0.4 is 5.32 Å². The molecule has 1 heterocycles. The van der Waals surface area contributed by atoms with Gasteiger partial charge in [-0.3, -0.25) is 4.79 Å². The third-order valence-corrected chi connectivity index (χ3v) is 5.84. The molecule has 0 saturated carbocycles. The van der Waals surface area contributed by atoms with E-state index in [2.05, 4.69) is 27.3 Å². The molecule has 3 aromatic carbocycles. The van der Waals surface area contributed by atoms with Gasteiger partial charge in [-0.2, -0.15) is 0 Å². The summed E-state index contributed by atoms with van der Waals surface area (Å²) in [5.74, 6) is -0.184. The summed E-state index contributed by atoms with van der Waals surface area (Å²) in [5, 5.41) is 4.45. The van der Waals surface area contributed by atoms with Gasteiger partial charge in [0.1, 0.15) is 0 Å². The second-order valence-corrected chi connectivity index (χ2v) is 8.81. The fourth-order valence-electron chi connectivity index (χ4n) is 3.56. The predicted octanol–water partition coefficient (Wildman–Crippen LogP) is 7.50. The van der Waals surface area contributed by atoms with E-state index in [4.69, 9.17) is 16.6 Å². The number of hydrogen-bond donors (Lipinski definition) is 1. The summed E-state index contributed by atoms with van der Waals surface area (Å²) in [4.78, 5) is 18.2. The Morgan fingerprint density at radius 3 is 2.40 bits per heavy atom. The lowest BCUT2D eigenvalue weighted by molar-refractivity contribution is 0.102. The number of rotatable bonds is 3. The van der Waals surface area contributed by atoms with Crippen LogP contribution in [0.4, 0.5) is 5.69 Å². The first-order valence-corrected chi connectivity index (χ1v) is 10.7. The van der Waals surface area contributed by atoms with Crippen LogP contribution in [0, 0.1) is 20.8 Å². The molecule has 0 aliphatic carbocycles. The highest BCUT2D eigenvalue weighted by Gasteiger charge is 2.17. The molecule has 0 aliphatic heterocycles. The van der Waals surface area contributed by atoms with Crippen LogP contribution in [0.5, 0.6) is 0 Å². The number of hydrogen-bond acceptors (Lipinski definition) is 2. The summed E-state index contributed by atoms with van der Waals surface area (Å²) in [5.41, 5.74) is 6.91. The molecule has 150 valence electrons. The Bertz CT molecular complexity index is 1280. The summed E-state index contributed by atoms with van der Waals surface area (Å²) >= 11 is 9.61. The zero-order chi connectivity index (χ0) is 21.4. The molecule has 0 radical (unpaired) electrons. The van der Waals surface area contributed by atoms with Crippen LogP contribution in [0.25, 0.3) is 22.2 Å². The summed E-state index contributed by atoms with van der Waals surface area (Å²) in [7, 11) is 0. The van der Waals surface area contributed by atoms with E-state index in [1.54, 1.807) is 6.07 Å². The normalized spacial score (nSPS) is 11.0. The third kappa shape index (κ3) is 4.11. The van der Waals surface area contributed by atoms with Crippen molar-refractivity contribution in [2.75, 3.05) is 5.32 Å². The first-order chi connectivity index (χ1) is 14.3. The monoisotopic (exact) mass is 478 g/mol. The largest absolute Gasteiger partial charge is 0.322 e. The van der Waals surface area contributed by atoms with Gasteiger partial charge in [-0.15, -0.1) is 0 Å². The topological polar surface area (TPSA) is 42.0 Å². The van der Waals surface area contributed by atoms with Gasteiger partial charge < -0.3 is 5.32 Å². The molecule has 4 aromatic rings. The molecule has 5 heteroatoms. The van der Waals surface area contributed by atoms with E-state index in [0.29, 0.717) is 16.3 Å². The van der Waals surface area contributed by atoms with Crippen LogP contribution in [-0.2, 0) is 0 Å². The lowest BCUT2D eigenvalue weighted by Gasteiger charge is -2.14. The van der Waals surface area contributed by atoms with Gasteiger partial charge in [-0.25, -0.2) is 4.98 Å². The molecule has 0 bridgehead atoms. The Hall–Kier alpha value is -2.69. The van der Waals surface area contributed by atoms with Crippen LogP contribution in [0.1, 0.15) is 27.0 Å². The molecular weight excluding hydrogens is 460 g/mol. The second-order valence-electron chi connectivity index (χ2n) is 7.45. The van der Waals surface area contributed by atoms with Gasteiger partial charge in [-0.1, -0.05) is 57.4 Å². The van der Waals surface area contributed by atoms with Gasteiger partial charge in [-0.05, 0) is 68.3 Å². The fraction of sp³-hybridized carbons (Fsp3) is 0.120. The number of carbonyl (C=O) groups excluding carboxylic acids is 1. The van der Waals surface area contributed by atoms with Crippen molar-refractivity contribution in [3.63, 3.8) is 0 Å². The molecule has 0 aliphatic rings. The number of aryl methyl sites for hydroxylation is 3.